The fourth-order valence-electron chi connectivity index (χ4n) is 3.61. The van der Waals surface area contributed by atoms with Crippen molar-refractivity contribution >= 4 is 27.3 Å². The molecule has 6 nitrogen and oxygen atoms in total. The standard InChI is InChI=1S/C24H24N2O4S/c1-15-5-7-17(3)18(11-15)14-31(28,29)25-19-8-10-22-20(13-19)24(27)26(4)21-12-16(2)6-9-23(21)30-22/h5-13,25H,14H2,1-4H3. The van der Waals surface area contributed by atoms with Crippen LogP contribution in [0.25, 0.3) is 0 Å². The molecule has 0 bridgehead atoms. The molecule has 1 aliphatic heterocycles. The molecule has 0 atom stereocenters. The normalized spacial score (nSPS) is 13.2. The van der Waals surface area contributed by atoms with Gasteiger partial charge in [0.1, 0.15) is 5.75 Å². The zero-order valence-electron chi connectivity index (χ0n) is 17.9. The molecule has 1 amide bonds. The summed E-state index contributed by atoms with van der Waals surface area (Å²) in [6, 6.07) is 16.1. The van der Waals surface area contributed by atoms with E-state index in [0.717, 1.165) is 22.3 Å². The molecule has 31 heavy (non-hydrogen) atoms. The summed E-state index contributed by atoms with van der Waals surface area (Å²) in [7, 11) is -1.99. The number of carbonyl (C=O) groups excluding carboxylic acids is 1. The van der Waals surface area contributed by atoms with E-state index < -0.39 is 10.0 Å². The fraction of sp³-hybridized carbons (Fsp3) is 0.208. The van der Waals surface area contributed by atoms with Crippen LogP contribution in [0.3, 0.4) is 0 Å². The lowest BCUT2D eigenvalue weighted by molar-refractivity contribution is 0.0993. The number of benzene rings is 3. The van der Waals surface area contributed by atoms with E-state index in [1.807, 2.05) is 57.2 Å². The number of fused-ring (bicyclic) bond motifs is 2. The summed E-state index contributed by atoms with van der Waals surface area (Å²) in [5.74, 6) is 0.544. The van der Waals surface area contributed by atoms with Crippen molar-refractivity contribution in [1.82, 2.24) is 0 Å². The highest BCUT2D eigenvalue weighted by Crippen LogP contribution is 2.39. The van der Waals surface area contributed by atoms with E-state index in [0.29, 0.717) is 28.4 Å². The predicted octanol–water partition coefficient (Wildman–Crippen LogP) is 4.94. The SMILES string of the molecule is Cc1ccc(C)c(CS(=O)(=O)Nc2ccc3c(c2)C(=O)N(C)c2cc(C)ccc2O3)c1. The van der Waals surface area contributed by atoms with Gasteiger partial charge in [-0.3, -0.25) is 9.52 Å². The highest BCUT2D eigenvalue weighted by Gasteiger charge is 2.26. The molecule has 0 unspecified atom stereocenters. The lowest BCUT2D eigenvalue weighted by atomic mass is 10.1. The molecule has 0 aliphatic carbocycles. The summed E-state index contributed by atoms with van der Waals surface area (Å²) >= 11 is 0. The second kappa shape index (κ2) is 7.74. The molecule has 1 heterocycles. The Morgan fingerprint density at radius 1 is 0.903 bits per heavy atom. The zero-order valence-corrected chi connectivity index (χ0v) is 18.7. The van der Waals surface area contributed by atoms with Gasteiger partial charge in [-0.05, 0) is 67.8 Å². The third-order valence-corrected chi connectivity index (χ3v) is 6.57. The van der Waals surface area contributed by atoms with Gasteiger partial charge < -0.3 is 9.64 Å². The molecule has 0 saturated heterocycles. The second-order valence-corrected chi connectivity index (χ2v) is 9.66. The van der Waals surface area contributed by atoms with Gasteiger partial charge in [-0.1, -0.05) is 29.8 Å². The molecule has 3 aromatic carbocycles. The zero-order chi connectivity index (χ0) is 22.3. The Labute approximate surface area is 182 Å². The lowest BCUT2D eigenvalue weighted by Crippen LogP contribution is -2.25. The van der Waals surface area contributed by atoms with E-state index in [2.05, 4.69) is 4.72 Å². The number of amides is 1. The van der Waals surface area contributed by atoms with E-state index in [-0.39, 0.29) is 11.7 Å². The Morgan fingerprint density at radius 3 is 2.35 bits per heavy atom. The van der Waals surface area contributed by atoms with Crippen LogP contribution in [0.4, 0.5) is 11.4 Å². The summed E-state index contributed by atoms with van der Waals surface area (Å²) in [5.41, 5.74) is 4.94. The number of nitrogens with zero attached hydrogens (tertiary/aromatic N) is 1. The fourth-order valence-corrected chi connectivity index (χ4v) is 4.89. The van der Waals surface area contributed by atoms with Gasteiger partial charge in [0, 0.05) is 12.7 Å². The highest BCUT2D eigenvalue weighted by molar-refractivity contribution is 7.91. The van der Waals surface area contributed by atoms with Gasteiger partial charge in [0.25, 0.3) is 5.91 Å². The van der Waals surface area contributed by atoms with Gasteiger partial charge in [0.2, 0.25) is 10.0 Å². The first-order chi connectivity index (χ1) is 14.6. The van der Waals surface area contributed by atoms with Crippen molar-refractivity contribution in [2.75, 3.05) is 16.7 Å². The molecule has 160 valence electrons. The molecule has 0 radical (unpaired) electrons. The number of sulfonamides is 1. The van der Waals surface area contributed by atoms with Gasteiger partial charge in [0.15, 0.2) is 5.75 Å². The molecule has 0 aromatic heterocycles. The molecule has 1 N–H and O–H groups in total. The van der Waals surface area contributed by atoms with Crippen LogP contribution in [0.1, 0.15) is 32.6 Å². The Bertz CT molecular complexity index is 1300. The van der Waals surface area contributed by atoms with Gasteiger partial charge >= 0.3 is 0 Å². The number of hydrogen-bond acceptors (Lipinski definition) is 4. The van der Waals surface area contributed by atoms with Gasteiger partial charge in [-0.25, -0.2) is 8.42 Å². The number of ether oxygens (including phenoxy) is 1. The van der Waals surface area contributed by atoms with Gasteiger partial charge in [-0.2, -0.15) is 0 Å². The van der Waals surface area contributed by atoms with E-state index in [9.17, 15) is 13.2 Å². The molecular weight excluding hydrogens is 412 g/mol. The van der Waals surface area contributed by atoms with Crippen LogP contribution in [-0.4, -0.2) is 21.4 Å². The van der Waals surface area contributed by atoms with Crippen molar-refractivity contribution in [3.05, 3.63) is 82.4 Å². The third-order valence-electron chi connectivity index (χ3n) is 5.33. The average Bonchev–Trinajstić information content (AvgIpc) is 2.80. The minimum absolute atomic E-state index is 0.146. The van der Waals surface area contributed by atoms with Crippen molar-refractivity contribution in [1.29, 1.82) is 0 Å². The van der Waals surface area contributed by atoms with Crippen LogP contribution < -0.4 is 14.4 Å². The average molecular weight is 437 g/mol. The van der Waals surface area contributed by atoms with Crippen molar-refractivity contribution in [2.45, 2.75) is 26.5 Å². The Kier molecular flexibility index (Phi) is 5.23. The number of aryl methyl sites for hydroxylation is 3. The summed E-state index contributed by atoms with van der Waals surface area (Å²) in [5, 5.41) is 0. The molecule has 0 fully saturated rings. The van der Waals surface area contributed by atoms with Crippen molar-refractivity contribution in [3.63, 3.8) is 0 Å². The highest BCUT2D eigenvalue weighted by atomic mass is 32.2. The summed E-state index contributed by atoms with van der Waals surface area (Å²) in [6.07, 6.45) is 0. The van der Waals surface area contributed by atoms with Crippen molar-refractivity contribution < 1.29 is 17.9 Å². The molecular formula is C24H24N2O4S. The van der Waals surface area contributed by atoms with Crippen LogP contribution in [0.15, 0.2) is 54.6 Å². The van der Waals surface area contributed by atoms with Gasteiger partial charge in [0.05, 0.1) is 17.0 Å². The summed E-state index contributed by atoms with van der Waals surface area (Å²) in [4.78, 5) is 14.6. The molecule has 0 saturated carbocycles. The third kappa shape index (κ3) is 4.27. The minimum Gasteiger partial charge on any atom is -0.454 e. The topological polar surface area (TPSA) is 75.7 Å². The first-order valence-corrected chi connectivity index (χ1v) is 11.6. The Balaban J connectivity index is 1.64. The molecule has 4 rings (SSSR count). The number of anilines is 2. The number of rotatable bonds is 4. The molecule has 3 aromatic rings. The molecule has 1 aliphatic rings. The van der Waals surface area contributed by atoms with Crippen molar-refractivity contribution in [3.8, 4) is 11.5 Å². The number of nitrogens with one attached hydrogen (secondary N) is 1. The molecule has 7 heteroatoms. The monoisotopic (exact) mass is 436 g/mol. The number of hydrogen-bond donors (Lipinski definition) is 1. The molecule has 0 spiro atoms. The van der Waals surface area contributed by atoms with Crippen molar-refractivity contribution in [2.24, 2.45) is 0 Å². The first-order valence-electron chi connectivity index (χ1n) is 9.90. The van der Waals surface area contributed by atoms with Crippen LogP contribution in [-0.2, 0) is 15.8 Å². The van der Waals surface area contributed by atoms with Gasteiger partial charge in [-0.15, -0.1) is 0 Å². The quantitative estimate of drug-likeness (QED) is 0.629. The summed E-state index contributed by atoms with van der Waals surface area (Å²) < 4.78 is 34.1. The minimum atomic E-state index is -3.67. The van der Waals surface area contributed by atoms with Crippen LogP contribution in [0, 0.1) is 20.8 Å². The maximum atomic E-state index is 13.1. The predicted molar refractivity (Wildman–Crippen MR) is 123 cm³/mol. The van der Waals surface area contributed by atoms with E-state index in [1.165, 1.54) is 11.0 Å². The maximum absolute atomic E-state index is 13.1. The van der Waals surface area contributed by atoms with E-state index in [1.54, 1.807) is 19.2 Å². The number of carbonyl (C=O) groups is 1. The second-order valence-electron chi connectivity index (χ2n) is 7.94. The van der Waals surface area contributed by atoms with E-state index >= 15 is 0 Å². The van der Waals surface area contributed by atoms with E-state index in [4.69, 9.17) is 4.74 Å². The van der Waals surface area contributed by atoms with Crippen LogP contribution in [0.2, 0.25) is 0 Å². The lowest BCUT2D eigenvalue weighted by Gasteiger charge is -2.17. The Morgan fingerprint density at radius 2 is 1.58 bits per heavy atom. The smallest absolute Gasteiger partial charge is 0.261 e. The van der Waals surface area contributed by atoms with Crippen LogP contribution >= 0.6 is 0 Å². The first kappa shape index (κ1) is 20.9. The Hall–Kier alpha value is -3.32. The maximum Gasteiger partial charge on any atom is 0.261 e. The largest absolute Gasteiger partial charge is 0.454 e. The van der Waals surface area contributed by atoms with Crippen LogP contribution in [0.5, 0.6) is 11.5 Å². The summed E-state index contributed by atoms with van der Waals surface area (Å²) in [6.45, 7) is 5.76.